The van der Waals surface area contributed by atoms with Crippen molar-refractivity contribution in [3.05, 3.63) is 0 Å². The first kappa shape index (κ1) is 26.2. The summed E-state index contributed by atoms with van der Waals surface area (Å²) in [4.78, 5) is 48.9. The minimum absolute atomic E-state index is 0.231. The Morgan fingerprint density at radius 3 is 2.33 bits per heavy atom. The lowest BCUT2D eigenvalue weighted by Crippen LogP contribution is -2.56. The van der Waals surface area contributed by atoms with Crippen molar-refractivity contribution in [3.8, 4) is 0 Å². The van der Waals surface area contributed by atoms with Crippen LogP contribution >= 0.6 is 11.8 Å². The molecule has 4 atom stereocenters. The standard InChI is InChI=1S/C19H35N5O5S/c1-12(19(28)29)22-17(26)15(8-11-30-2)24-18(27)14(6-3-4-9-20)23-16(25)13-7-5-10-21-13/h12-15,21H,3-11,20H2,1-2H3,(H,22,26)(H,23,25)(H,24,27)(H,28,29). The molecule has 0 aromatic carbocycles. The molecule has 7 N–H and O–H groups in total. The van der Waals surface area contributed by atoms with Crippen molar-refractivity contribution < 1.29 is 24.3 Å². The van der Waals surface area contributed by atoms with Crippen LogP contribution in [0.1, 0.15) is 45.4 Å². The molecule has 0 bridgehead atoms. The number of thioether (sulfide) groups is 1. The predicted octanol–water partition coefficient (Wildman–Crippen LogP) is -0.821. The maximum atomic E-state index is 12.9. The molecule has 1 rings (SSSR count). The van der Waals surface area contributed by atoms with Gasteiger partial charge in [-0.1, -0.05) is 0 Å². The third-order valence-electron chi connectivity index (χ3n) is 4.93. The van der Waals surface area contributed by atoms with E-state index < -0.39 is 35.9 Å². The van der Waals surface area contributed by atoms with E-state index in [1.54, 1.807) is 0 Å². The Bertz CT molecular complexity index is 586. The number of unbranched alkanes of at least 4 members (excludes halogenated alkanes) is 1. The van der Waals surface area contributed by atoms with Crippen LogP contribution in [0.3, 0.4) is 0 Å². The summed E-state index contributed by atoms with van der Waals surface area (Å²) in [7, 11) is 0. The van der Waals surface area contributed by atoms with Gasteiger partial charge in [-0.3, -0.25) is 19.2 Å². The second-order valence-corrected chi connectivity index (χ2v) is 8.39. The van der Waals surface area contributed by atoms with E-state index in [1.807, 2.05) is 6.26 Å². The Morgan fingerprint density at radius 2 is 1.77 bits per heavy atom. The first-order chi connectivity index (χ1) is 14.3. The fourth-order valence-electron chi connectivity index (χ4n) is 3.09. The molecule has 1 fully saturated rings. The SMILES string of the molecule is CSCCC(NC(=O)C(CCCCN)NC(=O)C1CCCN1)C(=O)NC(C)C(=O)O. The fourth-order valence-corrected chi connectivity index (χ4v) is 3.57. The predicted molar refractivity (Wildman–Crippen MR) is 116 cm³/mol. The second-order valence-electron chi connectivity index (χ2n) is 7.41. The zero-order valence-corrected chi connectivity index (χ0v) is 18.6. The Hall–Kier alpha value is -1.85. The van der Waals surface area contributed by atoms with Gasteiger partial charge in [0.15, 0.2) is 0 Å². The van der Waals surface area contributed by atoms with E-state index in [1.165, 1.54) is 18.7 Å². The molecule has 0 saturated carbocycles. The number of carboxylic acids is 1. The number of aliphatic carboxylic acids is 1. The molecule has 0 aromatic heterocycles. The Balaban J connectivity index is 2.80. The molecule has 0 radical (unpaired) electrons. The highest BCUT2D eigenvalue weighted by Crippen LogP contribution is 2.09. The van der Waals surface area contributed by atoms with Gasteiger partial charge >= 0.3 is 5.97 Å². The molecule has 0 aromatic rings. The van der Waals surface area contributed by atoms with E-state index >= 15 is 0 Å². The molecule has 0 spiro atoms. The number of carbonyl (C=O) groups excluding carboxylic acids is 3. The van der Waals surface area contributed by atoms with E-state index in [0.29, 0.717) is 38.0 Å². The van der Waals surface area contributed by atoms with Gasteiger partial charge in [-0.15, -0.1) is 0 Å². The number of rotatable bonds is 14. The maximum absolute atomic E-state index is 12.9. The molecule has 11 heteroatoms. The van der Waals surface area contributed by atoms with Gasteiger partial charge in [-0.2, -0.15) is 11.8 Å². The quantitative estimate of drug-likeness (QED) is 0.189. The van der Waals surface area contributed by atoms with Gasteiger partial charge in [0.05, 0.1) is 6.04 Å². The summed E-state index contributed by atoms with van der Waals surface area (Å²) >= 11 is 1.51. The highest BCUT2D eigenvalue weighted by atomic mass is 32.2. The van der Waals surface area contributed by atoms with Crippen molar-refractivity contribution in [2.45, 2.75) is 69.6 Å². The number of amides is 3. The summed E-state index contributed by atoms with van der Waals surface area (Å²) in [5, 5.41) is 20.0. The van der Waals surface area contributed by atoms with Gasteiger partial charge in [-0.05, 0) is 70.5 Å². The van der Waals surface area contributed by atoms with Crippen molar-refractivity contribution in [1.82, 2.24) is 21.3 Å². The monoisotopic (exact) mass is 445 g/mol. The van der Waals surface area contributed by atoms with Gasteiger partial charge in [0.1, 0.15) is 18.1 Å². The largest absolute Gasteiger partial charge is 0.480 e. The van der Waals surface area contributed by atoms with Crippen molar-refractivity contribution in [2.24, 2.45) is 5.73 Å². The second kappa shape index (κ2) is 14.2. The van der Waals surface area contributed by atoms with Crippen LogP contribution in [-0.4, -0.2) is 78.1 Å². The third kappa shape index (κ3) is 9.31. The number of carbonyl (C=O) groups is 4. The minimum atomic E-state index is -1.16. The van der Waals surface area contributed by atoms with Crippen molar-refractivity contribution in [3.63, 3.8) is 0 Å². The van der Waals surface area contributed by atoms with E-state index in [2.05, 4.69) is 21.3 Å². The molecule has 172 valence electrons. The normalized spacial score (nSPS) is 18.8. The summed E-state index contributed by atoms with van der Waals surface area (Å²) in [5.41, 5.74) is 5.54. The molecule has 1 aliphatic heterocycles. The molecule has 4 unspecified atom stereocenters. The number of hydrogen-bond donors (Lipinski definition) is 6. The average Bonchev–Trinajstić information content (AvgIpc) is 3.25. The average molecular weight is 446 g/mol. The van der Waals surface area contributed by atoms with E-state index in [4.69, 9.17) is 10.8 Å². The summed E-state index contributed by atoms with van der Waals surface area (Å²) in [6.07, 6.45) is 5.62. The highest BCUT2D eigenvalue weighted by molar-refractivity contribution is 7.98. The van der Waals surface area contributed by atoms with Crippen molar-refractivity contribution in [2.75, 3.05) is 25.1 Å². The lowest BCUT2D eigenvalue weighted by molar-refractivity contribution is -0.141. The van der Waals surface area contributed by atoms with Crippen molar-refractivity contribution in [1.29, 1.82) is 0 Å². The van der Waals surface area contributed by atoms with Crippen LogP contribution < -0.4 is 27.0 Å². The molecule has 1 saturated heterocycles. The molecule has 1 heterocycles. The topological polar surface area (TPSA) is 163 Å². The van der Waals surface area contributed by atoms with Crippen LogP contribution in [0.5, 0.6) is 0 Å². The third-order valence-corrected chi connectivity index (χ3v) is 5.57. The Kier molecular flexibility index (Phi) is 12.4. The summed E-state index contributed by atoms with van der Waals surface area (Å²) in [6, 6.07) is -3.06. The first-order valence-electron chi connectivity index (χ1n) is 10.4. The number of carboxylic acid groups (broad SMARTS) is 1. The van der Waals surface area contributed by atoms with E-state index in [0.717, 1.165) is 19.4 Å². The van der Waals surface area contributed by atoms with Crippen LogP contribution in [0.15, 0.2) is 0 Å². The fraction of sp³-hybridized carbons (Fsp3) is 0.789. The molecule has 30 heavy (non-hydrogen) atoms. The molecular formula is C19H35N5O5S. The van der Waals surface area contributed by atoms with Gasteiger partial charge in [0.2, 0.25) is 17.7 Å². The summed E-state index contributed by atoms with van der Waals surface area (Å²) < 4.78 is 0. The Morgan fingerprint density at radius 1 is 1.10 bits per heavy atom. The lowest BCUT2D eigenvalue weighted by Gasteiger charge is -2.24. The van der Waals surface area contributed by atoms with E-state index in [-0.39, 0.29) is 11.9 Å². The van der Waals surface area contributed by atoms with Gasteiger partial charge in [-0.25, -0.2) is 0 Å². The lowest BCUT2D eigenvalue weighted by atomic mass is 10.1. The van der Waals surface area contributed by atoms with Crippen LogP contribution in [0.4, 0.5) is 0 Å². The molecule has 3 amide bonds. The summed E-state index contributed by atoms with van der Waals surface area (Å²) in [5.74, 6) is -1.80. The van der Waals surface area contributed by atoms with Crippen LogP contribution in [-0.2, 0) is 19.2 Å². The zero-order chi connectivity index (χ0) is 22.5. The molecule has 10 nitrogen and oxygen atoms in total. The van der Waals surface area contributed by atoms with Crippen LogP contribution in [0.25, 0.3) is 0 Å². The number of hydrogen-bond acceptors (Lipinski definition) is 7. The van der Waals surface area contributed by atoms with Crippen LogP contribution in [0.2, 0.25) is 0 Å². The Labute approximate surface area is 181 Å². The van der Waals surface area contributed by atoms with Crippen LogP contribution in [0, 0.1) is 0 Å². The maximum Gasteiger partial charge on any atom is 0.325 e. The zero-order valence-electron chi connectivity index (χ0n) is 17.7. The molecule has 1 aliphatic rings. The number of nitrogens with two attached hydrogens (primary N) is 1. The van der Waals surface area contributed by atoms with Crippen molar-refractivity contribution >= 4 is 35.5 Å². The highest BCUT2D eigenvalue weighted by Gasteiger charge is 2.30. The number of nitrogens with one attached hydrogen (secondary N) is 4. The first-order valence-corrected chi connectivity index (χ1v) is 11.8. The van der Waals surface area contributed by atoms with E-state index in [9.17, 15) is 19.2 Å². The van der Waals surface area contributed by atoms with Gasteiger partial charge < -0.3 is 32.1 Å². The van der Waals surface area contributed by atoms with Gasteiger partial charge in [0, 0.05) is 0 Å². The molecule has 0 aliphatic carbocycles. The van der Waals surface area contributed by atoms with Gasteiger partial charge in [0.25, 0.3) is 0 Å². The smallest absolute Gasteiger partial charge is 0.325 e. The molecular weight excluding hydrogens is 410 g/mol. The summed E-state index contributed by atoms with van der Waals surface area (Å²) in [6.45, 7) is 2.61. The minimum Gasteiger partial charge on any atom is -0.480 e.